The smallest absolute Gasteiger partial charge is 0.349 e. The molecule has 1 atom stereocenters. The molecule has 4 rings (SSSR count). The van der Waals surface area contributed by atoms with Crippen molar-refractivity contribution in [1.82, 2.24) is 0 Å². The van der Waals surface area contributed by atoms with E-state index in [1.807, 2.05) is 17.5 Å². The maximum Gasteiger partial charge on any atom is 0.349 e. The van der Waals surface area contributed by atoms with Gasteiger partial charge < -0.3 is 19.9 Å². The summed E-state index contributed by atoms with van der Waals surface area (Å²) < 4.78 is 16.4. The molecular weight excluding hydrogens is 424 g/mol. The van der Waals surface area contributed by atoms with Crippen molar-refractivity contribution in [2.45, 2.75) is 5.92 Å². The average Bonchev–Trinajstić information content (AvgIpc) is 3.25. The Hall–Kier alpha value is -3.47. The van der Waals surface area contributed by atoms with Crippen molar-refractivity contribution in [2.24, 2.45) is 5.73 Å². The van der Waals surface area contributed by atoms with Crippen molar-refractivity contribution >= 4 is 28.9 Å². The number of nitrogens with zero attached hydrogens (tertiary/aromatic N) is 1. The van der Waals surface area contributed by atoms with Gasteiger partial charge in [-0.2, -0.15) is 5.26 Å². The highest BCUT2D eigenvalue weighted by atomic mass is 35.5. The predicted molar refractivity (Wildman–Crippen MR) is 113 cm³/mol. The van der Waals surface area contributed by atoms with E-state index in [2.05, 4.69) is 6.07 Å². The summed E-state index contributed by atoms with van der Waals surface area (Å²) in [5.41, 5.74) is 7.11. The zero-order valence-corrected chi connectivity index (χ0v) is 17.1. The molecule has 2 N–H and O–H groups in total. The molecule has 0 radical (unpaired) electrons. The van der Waals surface area contributed by atoms with E-state index in [0.29, 0.717) is 22.1 Å². The molecule has 8 heteroatoms. The Kier molecular flexibility index (Phi) is 5.61. The molecule has 1 aromatic heterocycles. The highest BCUT2D eigenvalue weighted by Crippen LogP contribution is 2.44. The van der Waals surface area contributed by atoms with Crippen LogP contribution >= 0.6 is 22.9 Å². The maximum absolute atomic E-state index is 12.2. The predicted octanol–water partition coefficient (Wildman–Crippen LogP) is 4.60. The van der Waals surface area contributed by atoms with Crippen LogP contribution in [0.3, 0.4) is 0 Å². The van der Waals surface area contributed by atoms with E-state index in [9.17, 15) is 10.1 Å². The molecule has 30 heavy (non-hydrogen) atoms. The summed E-state index contributed by atoms with van der Waals surface area (Å²) >= 11 is 7.42. The fraction of sp³-hybridized carbons (Fsp3) is 0.0909. The van der Waals surface area contributed by atoms with Crippen LogP contribution in [0.1, 0.15) is 16.4 Å². The number of halogens is 1. The lowest BCUT2D eigenvalue weighted by atomic mass is 9.88. The largest absolute Gasteiger partial charge is 0.482 e. The van der Waals surface area contributed by atoms with Gasteiger partial charge >= 0.3 is 5.97 Å². The molecule has 3 aromatic rings. The lowest BCUT2D eigenvalue weighted by Gasteiger charge is -2.25. The van der Waals surface area contributed by atoms with Crippen LogP contribution in [-0.4, -0.2) is 12.6 Å². The average molecular weight is 439 g/mol. The highest BCUT2D eigenvalue weighted by Gasteiger charge is 2.31. The van der Waals surface area contributed by atoms with E-state index < -0.39 is 5.97 Å². The number of carbonyl (C=O) groups is 1. The molecule has 0 fully saturated rings. The molecule has 2 aromatic carbocycles. The Morgan fingerprint density at radius 3 is 2.80 bits per heavy atom. The van der Waals surface area contributed by atoms with Crippen molar-refractivity contribution in [1.29, 1.82) is 5.26 Å². The highest BCUT2D eigenvalue weighted by molar-refractivity contribution is 7.10. The van der Waals surface area contributed by atoms with Crippen molar-refractivity contribution in [3.8, 4) is 23.3 Å². The van der Waals surface area contributed by atoms with Crippen molar-refractivity contribution < 1.29 is 19.0 Å². The number of hydrogen-bond acceptors (Lipinski definition) is 7. The van der Waals surface area contributed by atoms with Gasteiger partial charge in [0.1, 0.15) is 28.9 Å². The summed E-state index contributed by atoms with van der Waals surface area (Å²) in [6.07, 6.45) is 0. The fourth-order valence-electron chi connectivity index (χ4n) is 3.11. The van der Waals surface area contributed by atoms with Gasteiger partial charge in [-0.15, -0.1) is 11.3 Å². The van der Waals surface area contributed by atoms with Crippen molar-refractivity contribution in [3.63, 3.8) is 0 Å². The van der Waals surface area contributed by atoms with Gasteiger partial charge in [-0.1, -0.05) is 29.8 Å². The van der Waals surface area contributed by atoms with Crippen molar-refractivity contribution in [3.05, 3.63) is 86.9 Å². The lowest BCUT2D eigenvalue weighted by molar-refractivity contribution is -0.136. The van der Waals surface area contributed by atoms with Gasteiger partial charge in [0.05, 0.1) is 5.92 Å². The van der Waals surface area contributed by atoms with Gasteiger partial charge in [0.2, 0.25) is 5.88 Å². The van der Waals surface area contributed by atoms with Crippen LogP contribution < -0.4 is 19.9 Å². The first-order valence-corrected chi connectivity index (χ1v) is 10.1. The Morgan fingerprint density at radius 2 is 2.07 bits per heavy atom. The summed E-state index contributed by atoms with van der Waals surface area (Å²) in [7, 11) is 0. The van der Waals surface area contributed by atoms with E-state index in [4.69, 9.17) is 31.5 Å². The number of benzene rings is 2. The second kappa shape index (κ2) is 8.49. The zero-order chi connectivity index (χ0) is 21.1. The Labute approximate surface area is 181 Å². The fourth-order valence-corrected chi connectivity index (χ4v) is 4.14. The summed E-state index contributed by atoms with van der Waals surface area (Å²) in [4.78, 5) is 13.1. The molecule has 0 spiro atoms. The summed E-state index contributed by atoms with van der Waals surface area (Å²) in [5.74, 6) is 0.319. The second-order valence-corrected chi connectivity index (χ2v) is 7.78. The van der Waals surface area contributed by atoms with Gasteiger partial charge in [0.25, 0.3) is 0 Å². The number of ether oxygens (including phenoxy) is 3. The van der Waals surface area contributed by atoms with Crippen molar-refractivity contribution in [2.75, 3.05) is 6.61 Å². The third-order valence-corrected chi connectivity index (χ3v) is 5.57. The van der Waals surface area contributed by atoms with Gasteiger partial charge in [0.15, 0.2) is 6.61 Å². The van der Waals surface area contributed by atoms with Crippen LogP contribution in [0.5, 0.6) is 17.2 Å². The van der Waals surface area contributed by atoms with Gasteiger partial charge in [-0.05, 0) is 35.7 Å². The topological polar surface area (TPSA) is 94.6 Å². The van der Waals surface area contributed by atoms with Crippen LogP contribution in [0, 0.1) is 11.3 Å². The first-order valence-electron chi connectivity index (χ1n) is 8.89. The lowest BCUT2D eigenvalue weighted by Crippen LogP contribution is -2.21. The molecule has 0 aliphatic carbocycles. The molecule has 0 amide bonds. The van der Waals surface area contributed by atoms with E-state index >= 15 is 0 Å². The first-order chi connectivity index (χ1) is 14.5. The Morgan fingerprint density at radius 1 is 1.20 bits per heavy atom. The summed E-state index contributed by atoms with van der Waals surface area (Å²) in [6, 6.07) is 17.7. The third kappa shape index (κ3) is 4.10. The molecule has 1 unspecified atom stereocenters. The quantitative estimate of drug-likeness (QED) is 0.462. The number of carbonyl (C=O) groups excluding carboxylic acids is 1. The molecule has 150 valence electrons. The first kappa shape index (κ1) is 19.8. The van der Waals surface area contributed by atoms with Crippen LogP contribution in [0.4, 0.5) is 0 Å². The second-order valence-electron chi connectivity index (χ2n) is 6.36. The van der Waals surface area contributed by atoms with E-state index in [1.54, 1.807) is 42.5 Å². The standard InChI is InChI=1S/C22H15ClN2O4S/c23-13-3-1-4-14(9-13)27-12-20(26)28-15-6-7-16-18(10-15)29-22(25)17(11-24)21(16)19-5-2-8-30-19/h1-10,21H,12,25H2. The third-order valence-electron chi connectivity index (χ3n) is 4.40. The molecule has 2 heterocycles. The minimum absolute atomic E-state index is 0.0381. The molecule has 1 aliphatic rings. The minimum Gasteiger partial charge on any atom is -0.482 e. The number of nitrogens with two attached hydrogens (primary N) is 1. The maximum atomic E-state index is 12.2. The van der Waals surface area contributed by atoms with Gasteiger partial charge in [-0.25, -0.2) is 4.79 Å². The van der Waals surface area contributed by atoms with E-state index in [-0.39, 0.29) is 24.2 Å². The molecule has 6 nitrogen and oxygen atoms in total. The Balaban J connectivity index is 1.51. The number of rotatable bonds is 5. The number of nitriles is 1. The SMILES string of the molecule is N#CC1=C(N)Oc2cc(OC(=O)COc3cccc(Cl)c3)ccc2C1c1cccs1. The van der Waals surface area contributed by atoms with Crippen LogP contribution in [0.15, 0.2) is 71.4 Å². The number of allylic oxidation sites excluding steroid dienone is 1. The monoisotopic (exact) mass is 438 g/mol. The number of fused-ring (bicyclic) bond motifs is 1. The van der Waals surface area contributed by atoms with Gasteiger partial charge in [-0.3, -0.25) is 0 Å². The zero-order valence-electron chi connectivity index (χ0n) is 15.5. The summed E-state index contributed by atoms with van der Waals surface area (Å²) in [6.45, 7) is -0.281. The molecule has 0 bridgehead atoms. The Bertz CT molecular complexity index is 1170. The molecule has 1 aliphatic heterocycles. The van der Waals surface area contributed by atoms with E-state index in [1.165, 1.54) is 11.3 Å². The van der Waals surface area contributed by atoms with E-state index in [0.717, 1.165) is 10.4 Å². The number of thiophene rings is 1. The molecule has 0 saturated carbocycles. The number of esters is 1. The van der Waals surface area contributed by atoms with Crippen LogP contribution in [0.2, 0.25) is 5.02 Å². The van der Waals surface area contributed by atoms with Gasteiger partial charge in [0, 0.05) is 21.5 Å². The van der Waals surface area contributed by atoms with Crippen LogP contribution in [0.25, 0.3) is 0 Å². The van der Waals surface area contributed by atoms with Crippen LogP contribution in [-0.2, 0) is 4.79 Å². The minimum atomic E-state index is -0.582. The normalized spacial score (nSPS) is 15.0. The molecular formula is C22H15ClN2O4S. The molecule has 0 saturated heterocycles. The summed E-state index contributed by atoms with van der Waals surface area (Å²) in [5, 5.41) is 12.0. The number of hydrogen-bond donors (Lipinski definition) is 1.